The summed E-state index contributed by atoms with van der Waals surface area (Å²) in [5.74, 6) is -0.00395. The van der Waals surface area contributed by atoms with E-state index in [1.165, 1.54) is 7.11 Å². The van der Waals surface area contributed by atoms with Crippen LogP contribution in [0.15, 0.2) is 18.2 Å². The van der Waals surface area contributed by atoms with Crippen LogP contribution < -0.4 is 10.5 Å². The van der Waals surface area contributed by atoms with Crippen LogP contribution in [-0.2, 0) is 16.1 Å². The van der Waals surface area contributed by atoms with Gasteiger partial charge in [0.05, 0.1) is 12.1 Å². The van der Waals surface area contributed by atoms with Crippen molar-refractivity contribution >= 4 is 17.6 Å². The van der Waals surface area contributed by atoms with E-state index in [-0.39, 0.29) is 0 Å². The lowest BCUT2D eigenvalue weighted by Gasteiger charge is -2.13. The van der Waals surface area contributed by atoms with Crippen LogP contribution in [-0.4, -0.2) is 19.2 Å². The minimum Gasteiger partial charge on any atom is -0.477 e. The van der Waals surface area contributed by atoms with Crippen molar-refractivity contribution in [3.8, 4) is 5.75 Å². The molecule has 1 aromatic rings. The Balaban J connectivity index is 2.78. The molecule has 4 nitrogen and oxygen atoms in total. The number of rotatable bonds is 4. The molecule has 0 aliphatic rings. The predicted molar refractivity (Wildman–Crippen MR) is 61.4 cm³/mol. The van der Waals surface area contributed by atoms with Crippen LogP contribution in [0.3, 0.4) is 0 Å². The molecule has 1 unspecified atom stereocenters. The summed E-state index contributed by atoms with van der Waals surface area (Å²) in [7, 11) is 1.31. The van der Waals surface area contributed by atoms with Crippen LogP contribution in [0.1, 0.15) is 12.5 Å². The van der Waals surface area contributed by atoms with E-state index in [1.54, 1.807) is 25.1 Å². The van der Waals surface area contributed by atoms with Crippen LogP contribution in [0, 0.1) is 0 Å². The molecule has 16 heavy (non-hydrogen) atoms. The highest BCUT2D eigenvalue weighted by Crippen LogP contribution is 2.26. The summed E-state index contributed by atoms with van der Waals surface area (Å²) in [5, 5.41) is 0.429. The smallest absolute Gasteiger partial charge is 0.346 e. The third kappa shape index (κ3) is 3.12. The fraction of sp³-hybridized carbons (Fsp3) is 0.364. The second-order valence-electron chi connectivity index (χ2n) is 3.25. The van der Waals surface area contributed by atoms with Gasteiger partial charge in [-0.05, 0) is 24.6 Å². The Morgan fingerprint density at radius 2 is 2.25 bits per heavy atom. The van der Waals surface area contributed by atoms with Gasteiger partial charge in [-0.25, -0.2) is 4.79 Å². The molecule has 0 bridgehead atoms. The number of hydrogen-bond acceptors (Lipinski definition) is 4. The molecule has 0 saturated carbocycles. The van der Waals surface area contributed by atoms with Gasteiger partial charge in [-0.15, -0.1) is 0 Å². The Labute approximate surface area is 99.3 Å². The van der Waals surface area contributed by atoms with Gasteiger partial charge in [-0.3, -0.25) is 0 Å². The Hall–Kier alpha value is -1.26. The van der Waals surface area contributed by atoms with E-state index >= 15 is 0 Å². The van der Waals surface area contributed by atoms with Gasteiger partial charge in [0.1, 0.15) is 5.75 Å². The molecule has 0 aromatic heterocycles. The molecule has 0 spiro atoms. The average Bonchev–Trinajstić information content (AvgIpc) is 2.30. The molecule has 0 amide bonds. The number of carbonyl (C=O) groups is 1. The Morgan fingerprint density at radius 1 is 1.56 bits per heavy atom. The summed E-state index contributed by atoms with van der Waals surface area (Å²) in [6, 6.07) is 5.19. The zero-order valence-corrected chi connectivity index (χ0v) is 9.95. The van der Waals surface area contributed by atoms with Gasteiger partial charge in [0, 0.05) is 6.54 Å². The van der Waals surface area contributed by atoms with E-state index in [1.807, 2.05) is 0 Å². The van der Waals surface area contributed by atoms with Crippen LogP contribution in [0.5, 0.6) is 5.75 Å². The topological polar surface area (TPSA) is 61.5 Å². The van der Waals surface area contributed by atoms with Crippen LogP contribution in [0.2, 0.25) is 5.02 Å². The number of methoxy groups -OCH3 is 1. The number of esters is 1. The van der Waals surface area contributed by atoms with E-state index in [0.29, 0.717) is 17.3 Å². The van der Waals surface area contributed by atoms with Crippen LogP contribution >= 0.6 is 11.6 Å². The summed E-state index contributed by atoms with van der Waals surface area (Å²) in [5.41, 5.74) is 6.37. The largest absolute Gasteiger partial charge is 0.477 e. The minimum atomic E-state index is -0.689. The molecule has 0 aliphatic heterocycles. The SMILES string of the molecule is COC(=O)C(C)Oc1ccc(CN)cc1Cl. The maximum absolute atomic E-state index is 11.1. The molecule has 5 heteroatoms. The number of ether oxygens (including phenoxy) is 2. The Bertz CT molecular complexity index is 381. The van der Waals surface area contributed by atoms with E-state index < -0.39 is 12.1 Å². The number of carbonyl (C=O) groups excluding carboxylic acids is 1. The van der Waals surface area contributed by atoms with Crippen molar-refractivity contribution in [2.24, 2.45) is 5.73 Å². The normalized spacial score (nSPS) is 12.0. The number of halogens is 1. The third-order valence-electron chi connectivity index (χ3n) is 2.07. The first-order valence-corrected chi connectivity index (χ1v) is 5.19. The summed E-state index contributed by atoms with van der Waals surface area (Å²) < 4.78 is 9.89. The van der Waals surface area contributed by atoms with Gasteiger partial charge in [-0.2, -0.15) is 0 Å². The third-order valence-corrected chi connectivity index (χ3v) is 2.36. The van der Waals surface area contributed by atoms with Crippen molar-refractivity contribution in [2.45, 2.75) is 19.6 Å². The van der Waals surface area contributed by atoms with Crippen LogP contribution in [0.25, 0.3) is 0 Å². The monoisotopic (exact) mass is 243 g/mol. The molecule has 0 radical (unpaired) electrons. The van der Waals surface area contributed by atoms with E-state index in [0.717, 1.165) is 5.56 Å². The molecule has 0 aliphatic carbocycles. The standard InChI is InChI=1S/C11H14ClNO3/c1-7(11(14)15-2)16-10-4-3-8(6-13)5-9(10)12/h3-5,7H,6,13H2,1-2H3. The first kappa shape index (κ1) is 12.8. The van der Waals surface area contributed by atoms with Gasteiger partial charge >= 0.3 is 5.97 Å². The fourth-order valence-electron chi connectivity index (χ4n) is 1.17. The maximum atomic E-state index is 11.1. The first-order valence-electron chi connectivity index (χ1n) is 4.81. The zero-order valence-electron chi connectivity index (χ0n) is 9.20. The molecule has 1 aromatic carbocycles. The molecular formula is C11H14ClNO3. The second-order valence-corrected chi connectivity index (χ2v) is 3.66. The van der Waals surface area contributed by atoms with Crippen molar-refractivity contribution in [1.82, 2.24) is 0 Å². The van der Waals surface area contributed by atoms with Crippen molar-refractivity contribution < 1.29 is 14.3 Å². The fourth-order valence-corrected chi connectivity index (χ4v) is 1.42. The summed E-state index contributed by atoms with van der Waals surface area (Å²) >= 11 is 5.97. The molecule has 1 atom stereocenters. The summed E-state index contributed by atoms with van der Waals surface area (Å²) in [4.78, 5) is 11.1. The quantitative estimate of drug-likeness (QED) is 0.819. The van der Waals surface area contributed by atoms with Crippen LogP contribution in [0.4, 0.5) is 0 Å². The maximum Gasteiger partial charge on any atom is 0.346 e. The summed E-state index contributed by atoms with van der Waals surface area (Å²) in [6.07, 6.45) is -0.689. The molecule has 0 saturated heterocycles. The van der Waals surface area contributed by atoms with E-state index in [4.69, 9.17) is 22.1 Å². The van der Waals surface area contributed by atoms with Crippen molar-refractivity contribution in [3.05, 3.63) is 28.8 Å². The second kappa shape index (κ2) is 5.72. The highest BCUT2D eigenvalue weighted by Gasteiger charge is 2.16. The zero-order chi connectivity index (χ0) is 12.1. The first-order chi connectivity index (χ1) is 7.58. The predicted octanol–water partition coefficient (Wildman–Crippen LogP) is 1.74. The Morgan fingerprint density at radius 3 is 2.75 bits per heavy atom. The lowest BCUT2D eigenvalue weighted by molar-refractivity contribution is -0.147. The van der Waals surface area contributed by atoms with Gasteiger partial charge in [-0.1, -0.05) is 17.7 Å². The molecule has 0 fully saturated rings. The van der Waals surface area contributed by atoms with E-state index in [2.05, 4.69) is 4.74 Å². The lowest BCUT2D eigenvalue weighted by atomic mass is 10.2. The number of nitrogens with two attached hydrogens (primary N) is 1. The van der Waals surface area contributed by atoms with Crippen molar-refractivity contribution in [2.75, 3.05) is 7.11 Å². The molecular weight excluding hydrogens is 230 g/mol. The van der Waals surface area contributed by atoms with Gasteiger partial charge in [0.15, 0.2) is 6.10 Å². The molecule has 2 N–H and O–H groups in total. The number of hydrogen-bond donors (Lipinski definition) is 1. The number of benzene rings is 1. The molecule has 88 valence electrons. The minimum absolute atomic E-state index is 0.409. The Kier molecular flexibility index (Phi) is 4.58. The lowest BCUT2D eigenvalue weighted by Crippen LogP contribution is -2.25. The summed E-state index contributed by atoms with van der Waals surface area (Å²) in [6.45, 7) is 2.01. The molecule has 1 rings (SSSR count). The highest BCUT2D eigenvalue weighted by atomic mass is 35.5. The van der Waals surface area contributed by atoms with E-state index in [9.17, 15) is 4.79 Å². The van der Waals surface area contributed by atoms with Gasteiger partial charge < -0.3 is 15.2 Å². The van der Waals surface area contributed by atoms with Crippen molar-refractivity contribution in [3.63, 3.8) is 0 Å². The average molecular weight is 244 g/mol. The highest BCUT2D eigenvalue weighted by molar-refractivity contribution is 6.32. The van der Waals surface area contributed by atoms with Gasteiger partial charge in [0.25, 0.3) is 0 Å². The molecule has 0 heterocycles. The van der Waals surface area contributed by atoms with Crippen molar-refractivity contribution in [1.29, 1.82) is 0 Å². The van der Waals surface area contributed by atoms with Gasteiger partial charge in [0.2, 0.25) is 0 Å².